The molecule has 3 aromatic carbocycles. The van der Waals surface area contributed by atoms with Gasteiger partial charge in [0.2, 0.25) is 0 Å². The van der Waals surface area contributed by atoms with E-state index in [0.29, 0.717) is 28.1 Å². The summed E-state index contributed by atoms with van der Waals surface area (Å²) < 4.78 is 13.6. The summed E-state index contributed by atoms with van der Waals surface area (Å²) in [5, 5.41) is 35.1. The number of likely N-dealkylation sites (tertiary alicyclic amines) is 1. The average molecular weight is 588 g/mol. The summed E-state index contributed by atoms with van der Waals surface area (Å²) in [5.41, 5.74) is 2.38. The smallest absolute Gasteiger partial charge is 0.861 e. The molecule has 0 aromatic heterocycles. The molecule has 2 atom stereocenters. The van der Waals surface area contributed by atoms with Gasteiger partial charge < -0.3 is 20.1 Å². The van der Waals surface area contributed by atoms with Crippen LogP contribution in [-0.2, 0) is 21.3 Å². The van der Waals surface area contributed by atoms with Crippen molar-refractivity contribution in [1.29, 1.82) is 0 Å². The van der Waals surface area contributed by atoms with E-state index >= 15 is 0 Å². The van der Waals surface area contributed by atoms with Gasteiger partial charge in [0.15, 0.2) is 0 Å². The van der Waals surface area contributed by atoms with Gasteiger partial charge in [0, 0.05) is 30.2 Å². The van der Waals surface area contributed by atoms with E-state index in [1.807, 2.05) is 18.2 Å². The molecule has 1 heterocycles. The van der Waals surface area contributed by atoms with Crippen molar-refractivity contribution in [1.82, 2.24) is 4.90 Å². The minimum atomic E-state index is -1.43. The molecule has 7 nitrogen and oxygen atoms in total. The molecule has 0 spiro atoms. The van der Waals surface area contributed by atoms with Gasteiger partial charge in [-0.2, -0.15) is 0 Å². The van der Waals surface area contributed by atoms with Crippen LogP contribution in [0.3, 0.4) is 0 Å². The Morgan fingerprint density at radius 3 is 2.23 bits per heavy atom. The number of carboxylic acid groups (broad SMARTS) is 1. The molecule has 0 aliphatic carbocycles. The summed E-state index contributed by atoms with van der Waals surface area (Å²) in [6, 6.07) is 20.2. The van der Waals surface area contributed by atoms with Crippen LogP contribution in [-0.4, -0.2) is 59.9 Å². The molecule has 0 amide bonds. The Labute approximate surface area is 244 Å². The second-order valence-electron chi connectivity index (χ2n) is 9.64. The monoisotopic (exact) mass is 587 g/mol. The van der Waals surface area contributed by atoms with Crippen molar-refractivity contribution in [2.75, 3.05) is 26.2 Å². The molecule has 0 saturated carbocycles. The molecule has 1 fully saturated rings. The van der Waals surface area contributed by atoms with E-state index < -0.39 is 23.7 Å². The van der Waals surface area contributed by atoms with E-state index in [2.05, 4.69) is 14.9 Å². The van der Waals surface area contributed by atoms with Crippen molar-refractivity contribution in [3.8, 4) is 0 Å². The maximum absolute atomic E-state index is 13.6. The summed E-state index contributed by atoms with van der Waals surface area (Å²) in [4.78, 5) is 23.7. The van der Waals surface area contributed by atoms with Crippen LogP contribution in [0, 0.1) is 5.82 Å². The largest absolute Gasteiger partial charge is 2.00 e. The quantitative estimate of drug-likeness (QED) is 0.211. The molecule has 1 aliphatic rings. The maximum atomic E-state index is 13.6. The van der Waals surface area contributed by atoms with Gasteiger partial charge in [0.05, 0.1) is 23.4 Å². The number of aliphatic hydroxyl groups is 1. The van der Waals surface area contributed by atoms with Gasteiger partial charge in [0.1, 0.15) is 5.82 Å². The summed E-state index contributed by atoms with van der Waals surface area (Å²) in [5.74, 6) is -2.94. The molecule has 0 radical (unpaired) electrons. The number of halogens is 1. The van der Waals surface area contributed by atoms with Crippen LogP contribution in [0.5, 0.6) is 0 Å². The fourth-order valence-electron chi connectivity index (χ4n) is 4.95. The zero-order valence-electron chi connectivity index (χ0n) is 22.0. The molecule has 1 N–H and O–H groups in total. The van der Waals surface area contributed by atoms with E-state index in [-0.39, 0.29) is 42.0 Å². The first-order valence-electron chi connectivity index (χ1n) is 13.2. The summed E-state index contributed by atoms with van der Waals surface area (Å²) in [6.45, 7) is 1.65. The number of aliphatic carboxylic acids is 1. The zero-order valence-corrected chi connectivity index (χ0v) is 23.0. The van der Waals surface area contributed by atoms with E-state index in [0.717, 1.165) is 32.4 Å². The van der Waals surface area contributed by atoms with Gasteiger partial charge in [-0.1, -0.05) is 67.1 Å². The summed E-state index contributed by atoms with van der Waals surface area (Å²) in [7, 11) is 0. The number of hydrogen-bond acceptors (Lipinski definition) is 7. The molecular formula is C31H32FN3NiO4. The van der Waals surface area contributed by atoms with E-state index in [1.165, 1.54) is 24.3 Å². The van der Waals surface area contributed by atoms with Crippen molar-refractivity contribution in [3.05, 3.63) is 101 Å². The van der Waals surface area contributed by atoms with Crippen LogP contribution >= 0.6 is 0 Å². The number of para-hydroxylation sites is 1. The molecule has 9 heteroatoms. The van der Waals surface area contributed by atoms with Crippen LogP contribution in [0.2, 0.25) is 0 Å². The predicted molar refractivity (Wildman–Crippen MR) is 146 cm³/mol. The maximum Gasteiger partial charge on any atom is 2.00 e. The van der Waals surface area contributed by atoms with Gasteiger partial charge in [-0.25, -0.2) is 4.39 Å². The normalized spacial score (nSPS) is 16.1. The molecule has 1 aliphatic heterocycles. The van der Waals surface area contributed by atoms with Crippen LogP contribution in [0.15, 0.2) is 88.8 Å². The van der Waals surface area contributed by atoms with Gasteiger partial charge in [-0.3, -0.25) is 14.9 Å². The third-order valence-corrected chi connectivity index (χ3v) is 6.89. The number of carbonyl (C=O) groups excluding carboxylic acids is 1. The average Bonchev–Trinajstić information content (AvgIpc) is 2.95. The number of hydrogen-bond donors (Lipinski definition) is 1. The van der Waals surface area contributed by atoms with Crippen LogP contribution < -0.4 is 10.2 Å². The molecule has 4 rings (SSSR count). The molecule has 40 heavy (non-hydrogen) atoms. The molecule has 1 saturated heterocycles. The second kappa shape index (κ2) is 15.4. The standard InChI is InChI=1S/C31H34FN3O4.Ni/c32-24-15-13-22(14-16-24)25(17-20-36)30(31(38)39)34-29(23-9-3-1-4-10-23)26-11-5-6-12-27(26)33-28(37)21-35-18-7-2-8-19-35;/h1,3-6,9-16,25,30,36H,2,7-8,17-21H2,(H,33,37)(H,38,39);/q;+2/p-2/t25-,30+;/m0./s1. The minimum absolute atomic E-state index is 0. The molecule has 0 unspecified atom stereocenters. The fourth-order valence-corrected chi connectivity index (χ4v) is 4.95. The number of nitrogens with zero attached hydrogens (tertiary/aromatic N) is 3. The Morgan fingerprint density at radius 1 is 0.925 bits per heavy atom. The Hall–Kier alpha value is -3.39. The number of rotatable bonds is 11. The van der Waals surface area contributed by atoms with Crippen molar-refractivity contribution in [2.24, 2.45) is 9.98 Å². The number of aliphatic hydroxyl groups excluding tert-OH is 1. The Bertz CT molecular complexity index is 1300. The predicted octanol–water partition coefficient (Wildman–Crippen LogP) is 2.82. The van der Waals surface area contributed by atoms with Crippen LogP contribution in [0.4, 0.5) is 10.1 Å². The van der Waals surface area contributed by atoms with Gasteiger partial charge in [0.25, 0.3) is 0 Å². The first-order chi connectivity index (χ1) is 19.0. The SMILES string of the molecule is O=C([O-])[C@H](N=C(c1ccccc1)c1ccccc1N=C([O-])CN1CCCCC1)[C@@H](CCO)c1ccc(F)cc1.[Ni+2]. The van der Waals surface area contributed by atoms with Crippen LogP contribution in [0.1, 0.15) is 48.3 Å². The van der Waals surface area contributed by atoms with Crippen molar-refractivity contribution in [3.63, 3.8) is 0 Å². The Kier molecular flexibility index (Phi) is 12.0. The molecule has 0 bridgehead atoms. The summed E-state index contributed by atoms with van der Waals surface area (Å²) in [6.07, 6.45) is 3.36. The topological polar surface area (TPSA) is 111 Å². The van der Waals surface area contributed by atoms with Gasteiger partial charge in [-0.05, 0) is 62.0 Å². The van der Waals surface area contributed by atoms with Gasteiger partial charge in [-0.15, -0.1) is 0 Å². The molecule has 3 aromatic rings. The first kappa shape index (κ1) is 31.1. The third kappa shape index (κ3) is 8.31. The number of carboxylic acids is 1. The van der Waals surface area contributed by atoms with Crippen molar-refractivity contribution >= 4 is 23.3 Å². The minimum Gasteiger partial charge on any atom is -0.861 e. The van der Waals surface area contributed by atoms with Crippen LogP contribution in [0.25, 0.3) is 0 Å². The Morgan fingerprint density at radius 2 is 1.57 bits per heavy atom. The fraction of sp³-hybridized carbons (Fsp3) is 0.323. The van der Waals surface area contributed by atoms with E-state index in [4.69, 9.17) is 0 Å². The number of aliphatic imine (C=N–C) groups is 2. The number of carbonyl (C=O) groups is 1. The summed E-state index contributed by atoms with van der Waals surface area (Å²) >= 11 is 0. The van der Waals surface area contributed by atoms with E-state index in [1.54, 1.807) is 36.4 Å². The second-order valence-corrected chi connectivity index (χ2v) is 9.64. The van der Waals surface area contributed by atoms with E-state index in [9.17, 15) is 24.5 Å². The van der Waals surface area contributed by atoms with Gasteiger partial charge >= 0.3 is 16.5 Å². The molecule has 212 valence electrons. The number of piperidine rings is 1. The zero-order chi connectivity index (χ0) is 27.6. The third-order valence-electron chi connectivity index (χ3n) is 6.89. The first-order valence-corrected chi connectivity index (χ1v) is 13.2. The Balaban J connectivity index is 0.00000441. The van der Waals surface area contributed by atoms with Crippen molar-refractivity contribution < 1.29 is 41.0 Å². The molecular weight excluding hydrogens is 556 g/mol. The van der Waals surface area contributed by atoms with Crippen molar-refractivity contribution in [2.45, 2.75) is 37.6 Å². The number of benzene rings is 3.